The number of anilines is 1. The number of carbonyl (C=O) groups excluding carboxylic acids is 4. The van der Waals surface area contributed by atoms with E-state index in [-0.39, 0.29) is 37.9 Å². The molecule has 2 aliphatic rings. The highest BCUT2D eigenvalue weighted by Gasteiger charge is 2.44. The fourth-order valence-corrected chi connectivity index (χ4v) is 10.7. The third-order valence-corrected chi connectivity index (χ3v) is 15.3. The fraction of sp³-hybridized carbons (Fsp3) is 0.357. The van der Waals surface area contributed by atoms with Crippen molar-refractivity contribution in [3.8, 4) is 38.8 Å². The zero-order valence-electron chi connectivity index (χ0n) is 41.7. The van der Waals surface area contributed by atoms with Crippen molar-refractivity contribution in [2.45, 2.75) is 109 Å². The van der Waals surface area contributed by atoms with Crippen LogP contribution in [0.5, 0.6) is 0 Å². The predicted molar refractivity (Wildman–Crippen MR) is 284 cm³/mol. The van der Waals surface area contributed by atoms with Gasteiger partial charge in [-0.2, -0.15) is 0 Å². The van der Waals surface area contributed by atoms with E-state index >= 15 is 0 Å². The third-order valence-electron chi connectivity index (χ3n) is 14.4. The van der Waals surface area contributed by atoms with Gasteiger partial charge in [-0.05, 0) is 116 Å². The lowest BCUT2D eigenvalue weighted by atomic mass is 9.73. The Bertz CT molecular complexity index is 3160. The summed E-state index contributed by atoms with van der Waals surface area (Å²) in [5, 5.41) is 16.6. The molecular weight excluding hydrogens is 939 g/mol. The van der Waals surface area contributed by atoms with E-state index in [9.17, 15) is 24.3 Å². The van der Waals surface area contributed by atoms with Gasteiger partial charge < -0.3 is 37.8 Å². The molecule has 9 rings (SSSR count). The molecule has 4 atom stereocenters. The van der Waals surface area contributed by atoms with Gasteiger partial charge in [-0.1, -0.05) is 75.4 Å². The zero-order valence-corrected chi connectivity index (χ0v) is 42.5. The molecule has 16 nitrogen and oxygen atoms in total. The smallest absolute Gasteiger partial charge is 0.246 e. The van der Waals surface area contributed by atoms with Crippen LogP contribution in [0.4, 0.5) is 5.82 Å². The van der Waals surface area contributed by atoms with Gasteiger partial charge in [0.1, 0.15) is 23.4 Å². The molecule has 1 aliphatic carbocycles. The highest BCUT2D eigenvalue weighted by atomic mass is 32.1. The fourth-order valence-electron chi connectivity index (χ4n) is 9.91. The molecule has 0 radical (unpaired) electrons. The van der Waals surface area contributed by atoms with Crippen molar-refractivity contribution in [2.24, 2.45) is 22.8 Å². The first-order valence-electron chi connectivity index (χ1n) is 24.9. The lowest BCUT2D eigenvalue weighted by Crippen LogP contribution is -2.57. The van der Waals surface area contributed by atoms with Crippen molar-refractivity contribution in [3.63, 3.8) is 0 Å². The first-order valence-corrected chi connectivity index (χ1v) is 25.8. The van der Waals surface area contributed by atoms with Crippen LogP contribution in [0.1, 0.15) is 88.1 Å². The van der Waals surface area contributed by atoms with Crippen LogP contribution in [0.2, 0.25) is 0 Å². The molecular formula is C56H63N11O5S. The molecule has 7 aromatic rings. The normalized spacial score (nSPS) is 17.2. The first kappa shape index (κ1) is 50.6. The lowest BCUT2D eigenvalue weighted by molar-refractivity contribution is -0.144. The number of primary amides is 1. The molecule has 5 heterocycles. The maximum atomic E-state index is 14.3. The van der Waals surface area contributed by atoms with Crippen LogP contribution in [0.15, 0.2) is 109 Å². The van der Waals surface area contributed by atoms with Crippen LogP contribution in [0.25, 0.3) is 49.9 Å². The number of nitrogen functional groups attached to an aromatic ring is 1. The lowest BCUT2D eigenvalue weighted by Gasteiger charge is -2.38. The number of nitrogens with two attached hydrogens (primary N) is 3. The van der Waals surface area contributed by atoms with Crippen LogP contribution < -0.4 is 27.8 Å². The third kappa shape index (κ3) is 11.0. The SMILES string of the molecule is Cc1ncsc1-c1ccc(CNC(=O)[C@@H]2C[C@@H](O)CN2C(=O)[C@@H](NC(=O)CCC(CCc2cccc(-c3ccc4nc(-c5cccnc5N)n(-c5ccc(C6(N)CCC6)cc5)c4n3)c2)C(N)=O)C(C)(C)C)cc1. The molecule has 9 N–H and O–H groups in total. The minimum absolute atomic E-state index is 0.0459. The van der Waals surface area contributed by atoms with E-state index in [0.29, 0.717) is 41.2 Å². The van der Waals surface area contributed by atoms with Gasteiger partial charge in [-0.15, -0.1) is 11.3 Å². The summed E-state index contributed by atoms with van der Waals surface area (Å²) in [6.45, 7) is 7.65. The Morgan fingerprint density at radius 2 is 1.67 bits per heavy atom. The summed E-state index contributed by atoms with van der Waals surface area (Å²) in [6.07, 6.45) is 4.84. The van der Waals surface area contributed by atoms with Crippen molar-refractivity contribution < 1.29 is 24.3 Å². The van der Waals surface area contributed by atoms with Crippen LogP contribution in [0.3, 0.4) is 0 Å². The molecule has 2 fully saturated rings. The molecule has 3 aromatic carbocycles. The Morgan fingerprint density at radius 3 is 2.34 bits per heavy atom. The van der Waals surface area contributed by atoms with E-state index in [1.54, 1.807) is 17.5 Å². The molecule has 1 aliphatic heterocycles. The second-order valence-electron chi connectivity index (χ2n) is 20.6. The number of rotatable bonds is 17. The van der Waals surface area contributed by atoms with Crippen molar-refractivity contribution in [1.82, 2.24) is 40.0 Å². The van der Waals surface area contributed by atoms with Crippen molar-refractivity contribution in [3.05, 3.63) is 131 Å². The number of hydrogen-bond donors (Lipinski definition) is 6. The Morgan fingerprint density at radius 1 is 0.904 bits per heavy atom. The Balaban J connectivity index is 0.843. The number of benzene rings is 3. The molecule has 1 unspecified atom stereocenters. The number of amides is 4. The minimum Gasteiger partial charge on any atom is -0.391 e. The van der Waals surface area contributed by atoms with Gasteiger partial charge in [0.2, 0.25) is 23.6 Å². The number of imidazole rings is 1. The highest BCUT2D eigenvalue weighted by molar-refractivity contribution is 7.13. The van der Waals surface area contributed by atoms with E-state index in [2.05, 4.69) is 32.7 Å². The van der Waals surface area contributed by atoms with Gasteiger partial charge in [-0.3, -0.25) is 23.7 Å². The number of carbonyl (C=O) groups is 4. The maximum absolute atomic E-state index is 14.3. The number of aromatic nitrogens is 5. The predicted octanol–water partition coefficient (Wildman–Crippen LogP) is 7.12. The van der Waals surface area contributed by atoms with Crippen LogP contribution >= 0.6 is 11.3 Å². The molecule has 4 aromatic heterocycles. The summed E-state index contributed by atoms with van der Waals surface area (Å²) in [6, 6.07) is 29.7. The van der Waals surface area contributed by atoms with Gasteiger partial charge in [0.05, 0.1) is 33.4 Å². The van der Waals surface area contributed by atoms with Crippen molar-refractivity contribution >= 4 is 51.9 Å². The first-order chi connectivity index (χ1) is 35.0. The second kappa shape index (κ2) is 21.0. The van der Waals surface area contributed by atoms with Gasteiger partial charge in [0.15, 0.2) is 11.5 Å². The standard InChI is InChI=1S/C56H63N11O5S/c1-33-47(73-32-62-33)36-14-12-35(13-15-36)30-61-53(71)45-29-41(68)31-66(45)54(72)48(55(2,3)4)65-46(69)24-17-37(50(58)70)16-11-34-8-5-9-38(28-34)43-22-23-44-52(63-43)67(51(64-44)42-10-6-27-60-49(42)57)40-20-18-39(19-21-40)56(59)25-7-26-56/h5-6,8-10,12-15,18-23,27-28,32,37,41,45,48,68H,7,11,16-17,24-26,29-31,59H2,1-4H3,(H2,57,60)(H2,58,70)(H,61,71)(H,65,69)/t37?,41-,45+,48-/m1/s1. The Labute approximate surface area is 428 Å². The summed E-state index contributed by atoms with van der Waals surface area (Å²) in [7, 11) is 0. The number of pyridine rings is 2. The van der Waals surface area contributed by atoms with Crippen LogP contribution in [-0.4, -0.2) is 82.9 Å². The average Bonchev–Trinajstić information content (AvgIpc) is 4.10. The molecule has 1 saturated heterocycles. The summed E-state index contributed by atoms with van der Waals surface area (Å²) < 4.78 is 2.00. The number of fused-ring (bicyclic) bond motifs is 1. The van der Waals surface area contributed by atoms with Crippen LogP contribution in [0, 0.1) is 18.3 Å². The number of thiazole rings is 1. The maximum Gasteiger partial charge on any atom is 0.246 e. The number of hydrogen-bond acceptors (Lipinski definition) is 12. The number of aryl methyl sites for hydroxylation is 2. The number of aliphatic hydroxyl groups is 1. The Hall–Kier alpha value is -7.34. The summed E-state index contributed by atoms with van der Waals surface area (Å²) in [5.74, 6) is -1.46. The monoisotopic (exact) mass is 1000 g/mol. The quantitative estimate of drug-likeness (QED) is 0.0536. The van der Waals surface area contributed by atoms with E-state index in [4.69, 9.17) is 27.2 Å². The Kier molecular flexibility index (Phi) is 14.6. The molecule has 73 heavy (non-hydrogen) atoms. The topological polar surface area (TPSA) is 250 Å². The second-order valence-corrected chi connectivity index (χ2v) is 21.5. The van der Waals surface area contributed by atoms with Gasteiger partial charge in [0, 0.05) is 54.8 Å². The summed E-state index contributed by atoms with van der Waals surface area (Å²) in [5.41, 5.74) is 29.1. The molecule has 378 valence electrons. The number of likely N-dealkylation sites (tertiary alicyclic amines) is 1. The van der Waals surface area contributed by atoms with Crippen LogP contribution in [-0.2, 0) is 37.7 Å². The number of aliphatic hydroxyl groups excluding tert-OH is 1. The summed E-state index contributed by atoms with van der Waals surface area (Å²) in [4.78, 5) is 75.7. The van der Waals surface area contributed by atoms with Crippen molar-refractivity contribution in [1.29, 1.82) is 0 Å². The average molecular weight is 1000 g/mol. The van der Waals surface area contributed by atoms with Gasteiger partial charge in [0.25, 0.3) is 0 Å². The highest BCUT2D eigenvalue weighted by Crippen LogP contribution is 2.40. The van der Waals surface area contributed by atoms with Gasteiger partial charge >= 0.3 is 0 Å². The molecule has 4 amide bonds. The largest absolute Gasteiger partial charge is 0.391 e. The summed E-state index contributed by atoms with van der Waals surface area (Å²) >= 11 is 1.57. The van der Waals surface area contributed by atoms with Crippen molar-refractivity contribution in [2.75, 3.05) is 12.3 Å². The van der Waals surface area contributed by atoms with E-state index < -0.39 is 53.1 Å². The number of nitrogens with zero attached hydrogens (tertiary/aromatic N) is 6. The van der Waals surface area contributed by atoms with Gasteiger partial charge in [-0.25, -0.2) is 19.9 Å². The number of β-amino-alcohol motifs (C(OH)–C–C–N with tert-alkyl or cyclic N) is 1. The van der Waals surface area contributed by atoms with E-state index in [0.717, 1.165) is 69.0 Å². The molecule has 0 spiro atoms. The van der Waals surface area contributed by atoms with E-state index in [1.807, 2.05) is 123 Å². The molecule has 1 saturated carbocycles. The minimum atomic E-state index is -1.01. The molecule has 17 heteroatoms. The zero-order chi connectivity index (χ0) is 51.6. The molecule has 0 bridgehead atoms. The van der Waals surface area contributed by atoms with E-state index in [1.165, 1.54) is 4.90 Å². The number of nitrogens with one attached hydrogen (secondary N) is 2.